The number of carboxylic acid groups (broad SMARTS) is 1. The van der Waals surface area contributed by atoms with E-state index in [9.17, 15) is 14.7 Å². The zero-order chi connectivity index (χ0) is 48.6. The van der Waals surface area contributed by atoms with Crippen molar-refractivity contribution in [1.29, 1.82) is 0 Å². The molecule has 6 aromatic carbocycles. The molecule has 10 aromatic rings. The third kappa shape index (κ3) is 9.39. The summed E-state index contributed by atoms with van der Waals surface area (Å²) in [6.45, 7) is 5.55. The topological polar surface area (TPSA) is 173 Å². The van der Waals surface area contributed by atoms with E-state index >= 15 is 0 Å². The van der Waals surface area contributed by atoms with Crippen LogP contribution in [0.25, 0.3) is 90.0 Å². The monoisotopic (exact) mass is 987 g/mol. The number of halogens is 2. The molecule has 2 saturated heterocycles. The highest BCUT2D eigenvalue weighted by molar-refractivity contribution is 6.31. The minimum absolute atomic E-state index is 0.0596. The van der Waals surface area contributed by atoms with Gasteiger partial charge in [0.25, 0.3) is 5.91 Å². The number of carboxylic acids is 1. The van der Waals surface area contributed by atoms with Gasteiger partial charge in [-0.05, 0) is 129 Å². The fourth-order valence-corrected chi connectivity index (χ4v) is 9.75. The Morgan fingerprint density at radius 2 is 1.00 bits per heavy atom. The molecule has 12 rings (SSSR count). The van der Waals surface area contributed by atoms with Crippen molar-refractivity contribution in [1.82, 2.24) is 34.4 Å². The molecule has 16 heteroatoms. The lowest BCUT2D eigenvalue weighted by molar-refractivity contribution is 0.0694. The lowest BCUT2D eigenvalue weighted by atomic mass is 10.1. The number of nitrogens with one attached hydrogen (secondary N) is 1. The first kappa shape index (κ1) is 46.0. The van der Waals surface area contributed by atoms with Crippen molar-refractivity contribution >= 4 is 79.3 Å². The molecule has 0 spiro atoms. The first-order valence-corrected chi connectivity index (χ1v) is 24.5. The van der Waals surface area contributed by atoms with Crippen LogP contribution in [-0.2, 0) is 9.47 Å². The van der Waals surface area contributed by atoms with E-state index in [1.807, 2.05) is 85.8 Å². The predicted molar refractivity (Wildman–Crippen MR) is 274 cm³/mol. The van der Waals surface area contributed by atoms with Crippen molar-refractivity contribution < 1.29 is 33.0 Å². The number of hydrogen-bond acceptors (Lipinski definition) is 10. The largest absolute Gasteiger partial charge is 0.478 e. The molecule has 0 bridgehead atoms. The Bertz CT molecular complexity index is 3590. The number of amides is 1. The molecule has 2 aliphatic rings. The highest BCUT2D eigenvalue weighted by atomic mass is 35.5. The Labute approximate surface area is 417 Å². The van der Waals surface area contributed by atoms with Crippen LogP contribution in [0.4, 0.5) is 0 Å². The molecule has 2 N–H and O–H groups in total. The van der Waals surface area contributed by atoms with E-state index in [2.05, 4.69) is 30.5 Å². The van der Waals surface area contributed by atoms with Crippen molar-refractivity contribution in [2.24, 2.45) is 0 Å². The van der Waals surface area contributed by atoms with Crippen LogP contribution in [0.1, 0.15) is 71.8 Å². The number of fused-ring (bicyclic) bond motifs is 4. The fraction of sp³-hybridized carbons (Fsp3) is 0.236. The van der Waals surface area contributed by atoms with Gasteiger partial charge in [0.2, 0.25) is 11.8 Å². The first-order chi connectivity index (χ1) is 34.7. The van der Waals surface area contributed by atoms with Crippen LogP contribution in [0.5, 0.6) is 0 Å². The molecule has 4 aromatic heterocycles. The fourth-order valence-electron chi connectivity index (χ4n) is 9.42. The number of nitrogens with zero attached hydrogens (tertiary/aromatic N) is 6. The number of aromatic nitrogens is 6. The Kier molecular flexibility index (Phi) is 12.8. The van der Waals surface area contributed by atoms with E-state index in [0.29, 0.717) is 63.8 Å². The van der Waals surface area contributed by atoms with Crippen molar-refractivity contribution in [3.8, 4) is 45.7 Å². The average Bonchev–Trinajstić information content (AvgIpc) is 4.21. The molecule has 0 aliphatic carbocycles. The van der Waals surface area contributed by atoms with E-state index in [1.54, 1.807) is 36.4 Å². The third-order valence-corrected chi connectivity index (χ3v) is 13.5. The van der Waals surface area contributed by atoms with Gasteiger partial charge in [-0.3, -0.25) is 4.79 Å². The number of ether oxygens (including phenoxy) is 2. The second kappa shape index (κ2) is 19.8. The smallest absolute Gasteiger partial charge is 0.335 e. The number of oxazole rings is 2. The maximum atomic E-state index is 12.4. The van der Waals surface area contributed by atoms with E-state index in [0.717, 1.165) is 107 Å². The van der Waals surface area contributed by atoms with Crippen molar-refractivity contribution in [2.75, 3.05) is 33.0 Å². The summed E-state index contributed by atoms with van der Waals surface area (Å²) in [5.74, 6) is 1.71. The van der Waals surface area contributed by atoms with Crippen LogP contribution in [0.3, 0.4) is 0 Å². The van der Waals surface area contributed by atoms with Crippen LogP contribution < -0.4 is 5.32 Å². The zero-order valence-electron chi connectivity index (χ0n) is 38.6. The van der Waals surface area contributed by atoms with Crippen molar-refractivity contribution in [3.63, 3.8) is 0 Å². The second-order valence-electron chi connectivity index (χ2n) is 17.7. The van der Waals surface area contributed by atoms with Crippen molar-refractivity contribution in [3.05, 3.63) is 142 Å². The molecule has 14 nitrogen and oxygen atoms in total. The average molecular weight is 989 g/mol. The number of rotatable bonds is 10. The van der Waals surface area contributed by atoms with Crippen LogP contribution in [-0.4, -0.2) is 79.0 Å². The van der Waals surface area contributed by atoms with Gasteiger partial charge in [0, 0.05) is 82.9 Å². The molecule has 0 atom stereocenters. The number of carbonyl (C=O) groups excluding carboxylic acids is 1. The van der Waals surface area contributed by atoms with E-state index in [1.165, 1.54) is 0 Å². The van der Waals surface area contributed by atoms with Gasteiger partial charge in [0.15, 0.2) is 11.2 Å². The minimum atomic E-state index is -0.950. The normalized spacial score (nSPS) is 14.6. The molecular weight excluding hydrogens is 942 g/mol. The van der Waals surface area contributed by atoms with Crippen LogP contribution in [0.2, 0.25) is 10.0 Å². The van der Waals surface area contributed by atoms with Gasteiger partial charge >= 0.3 is 5.97 Å². The lowest BCUT2D eigenvalue weighted by Crippen LogP contribution is -2.23. The number of hydrogen-bond donors (Lipinski definition) is 2. The van der Waals surface area contributed by atoms with Gasteiger partial charge in [-0.15, -0.1) is 0 Å². The van der Waals surface area contributed by atoms with Gasteiger partial charge in [-0.2, -0.15) is 0 Å². The maximum Gasteiger partial charge on any atom is 0.335 e. The molecule has 2 fully saturated rings. The van der Waals surface area contributed by atoms with Gasteiger partial charge in [-0.1, -0.05) is 54.4 Å². The summed E-state index contributed by atoms with van der Waals surface area (Å²) >= 11 is 12.2. The molecule has 1 amide bonds. The van der Waals surface area contributed by atoms with Gasteiger partial charge < -0.3 is 37.9 Å². The predicted octanol–water partition coefficient (Wildman–Crippen LogP) is 12.9. The summed E-state index contributed by atoms with van der Waals surface area (Å²) < 4.78 is 27.7. The molecule has 2 aliphatic heterocycles. The zero-order valence-corrected chi connectivity index (χ0v) is 40.1. The minimum Gasteiger partial charge on any atom is -0.478 e. The SMILES string of the molecule is CCCNC(=O)c1ccc(-c2nc3cc(-c4nc5cc(Cl)ccc5o4)ccc3n2C2CCOCC2)cc1.O=C(O)c1ccc(-c2nc3cc(-c4nc5cc(Cl)ccc5o4)ccc3n2C2CCOCC2)cc1. The quantitative estimate of drug-likeness (QED) is 0.134. The van der Waals surface area contributed by atoms with Crippen LogP contribution >= 0.6 is 23.2 Å². The summed E-state index contributed by atoms with van der Waals surface area (Å²) in [5.41, 5.74) is 10.9. The van der Waals surface area contributed by atoms with E-state index < -0.39 is 5.97 Å². The molecule has 0 saturated carbocycles. The summed E-state index contributed by atoms with van der Waals surface area (Å²) in [4.78, 5) is 43.0. The van der Waals surface area contributed by atoms with Crippen LogP contribution in [0, 0.1) is 0 Å². The van der Waals surface area contributed by atoms with Gasteiger partial charge in [-0.25, -0.2) is 24.7 Å². The summed E-state index contributed by atoms with van der Waals surface area (Å²) in [5, 5.41) is 13.4. The lowest BCUT2D eigenvalue weighted by Gasteiger charge is -2.26. The molecule has 71 heavy (non-hydrogen) atoms. The van der Waals surface area contributed by atoms with Gasteiger partial charge in [0.05, 0.1) is 27.6 Å². The third-order valence-electron chi connectivity index (χ3n) is 13.0. The number of imidazole rings is 2. The molecule has 0 unspecified atom stereocenters. The highest BCUT2D eigenvalue weighted by Crippen LogP contribution is 2.38. The Morgan fingerprint density at radius 1 is 0.563 bits per heavy atom. The summed E-state index contributed by atoms with van der Waals surface area (Å²) in [7, 11) is 0. The number of benzene rings is 6. The number of carbonyl (C=O) groups is 2. The molecule has 0 radical (unpaired) electrons. The maximum absolute atomic E-state index is 12.4. The first-order valence-electron chi connectivity index (χ1n) is 23.7. The highest BCUT2D eigenvalue weighted by Gasteiger charge is 2.26. The van der Waals surface area contributed by atoms with E-state index in [-0.39, 0.29) is 23.6 Å². The Morgan fingerprint density at radius 3 is 1.44 bits per heavy atom. The standard InChI is InChI=1S/C29H27ClN4O3.C26H20ClN3O4/c1-2-13-31-28(35)19-5-3-18(4-6-19)27-32-23-16-20(29-33-24-17-21(30)8-10-26(24)37-29)7-9-25(23)34(27)22-11-14-36-15-12-22;27-18-6-8-23-21(14-18)29-25(34-23)17-5-7-22-20(13-17)28-24(30(22)19-9-11-33-12-10-19)15-1-3-16(4-2-15)26(31)32/h3-10,16-17,22H,2,11-15H2,1H3,(H,31,35);1-8,13-14,19H,9-12H2,(H,31,32). The molecule has 6 heterocycles. The second-order valence-corrected chi connectivity index (χ2v) is 18.6. The molecule has 358 valence electrons. The number of aromatic carboxylic acids is 1. The van der Waals surface area contributed by atoms with Gasteiger partial charge in [0.1, 0.15) is 22.7 Å². The van der Waals surface area contributed by atoms with Crippen molar-refractivity contribution in [2.45, 2.75) is 51.1 Å². The summed E-state index contributed by atoms with van der Waals surface area (Å²) in [6.07, 6.45) is 4.52. The van der Waals surface area contributed by atoms with Crippen LogP contribution in [0.15, 0.2) is 130 Å². The summed E-state index contributed by atoms with van der Waals surface area (Å²) in [6, 6.07) is 38.0. The van der Waals surface area contributed by atoms with E-state index in [4.69, 9.17) is 51.5 Å². The Hall–Kier alpha value is -7.36. The molecular formula is C55H47Cl2N7O7. The Balaban J connectivity index is 0.000000155.